The number of fused-ring (bicyclic) bond motifs is 1. The van der Waals surface area contributed by atoms with Crippen LogP contribution in [0.4, 0.5) is 5.69 Å². The molecule has 104 valence electrons. The molecule has 1 atom stereocenters. The number of phenols is 1. The Hall–Kier alpha value is -2.16. The number of para-hydroxylation sites is 2. The lowest BCUT2D eigenvalue weighted by molar-refractivity contribution is 0.413. The molecule has 1 N–H and O–H groups in total. The zero-order valence-electron chi connectivity index (χ0n) is 11.8. The van der Waals surface area contributed by atoms with Gasteiger partial charge in [0.2, 0.25) is 0 Å². The molecular weight excluding hydrogens is 250 g/mol. The first-order valence-corrected chi connectivity index (χ1v) is 6.88. The van der Waals surface area contributed by atoms with Crippen molar-refractivity contribution in [2.45, 2.75) is 18.9 Å². The summed E-state index contributed by atoms with van der Waals surface area (Å²) in [7, 11) is 3.80. The lowest BCUT2D eigenvalue weighted by atomic mass is 10.1. The van der Waals surface area contributed by atoms with E-state index in [1.54, 1.807) is 13.2 Å². The van der Waals surface area contributed by atoms with E-state index in [1.807, 2.05) is 30.3 Å². The topological polar surface area (TPSA) is 32.7 Å². The minimum atomic E-state index is 0.335. The lowest BCUT2D eigenvalue weighted by Crippen LogP contribution is -2.22. The first-order valence-electron chi connectivity index (χ1n) is 6.88. The van der Waals surface area contributed by atoms with Gasteiger partial charge in [0.15, 0.2) is 0 Å². The third-order valence-corrected chi connectivity index (χ3v) is 4.11. The molecule has 3 rings (SSSR count). The predicted octanol–water partition coefficient (Wildman–Crippen LogP) is 3.52. The summed E-state index contributed by atoms with van der Waals surface area (Å²) in [4.78, 5) is 2.27. The Morgan fingerprint density at radius 1 is 1.20 bits per heavy atom. The maximum Gasteiger partial charge on any atom is 0.142 e. The van der Waals surface area contributed by atoms with Crippen LogP contribution in [0.3, 0.4) is 0 Å². The van der Waals surface area contributed by atoms with Gasteiger partial charge in [0, 0.05) is 7.05 Å². The van der Waals surface area contributed by atoms with Gasteiger partial charge in [-0.3, -0.25) is 0 Å². The number of hydrogen-bond donors (Lipinski definition) is 1. The van der Waals surface area contributed by atoms with Crippen LogP contribution in [0.1, 0.15) is 23.6 Å². The van der Waals surface area contributed by atoms with E-state index in [-0.39, 0.29) is 0 Å². The van der Waals surface area contributed by atoms with Crippen LogP contribution in [0.25, 0.3) is 0 Å². The zero-order chi connectivity index (χ0) is 14.1. The van der Waals surface area contributed by atoms with E-state index in [2.05, 4.69) is 18.0 Å². The maximum atomic E-state index is 9.59. The highest BCUT2D eigenvalue weighted by atomic mass is 16.5. The Bertz CT molecular complexity index is 624. The number of benzene rings is 2. The first kappa shape index (κ1) is 12.9. The van der Waals surface area contributed by atoms with Crippen LogP contribution in [0.5, 0.6) is 11.5 Å². The highest BCUT2D eigenvalue weighted by Gasteiger charge is 2.27. The number of anilines is 1. The van der Waals surface area contributed by atoms with Gasteiger partial charge in [0.25, 0.3) is 0 Å². The lowest BCUT2D eigenvalue weighted by Gasteiger charge is -2.29. The number of hydrogen-bond acceptors (Lipinski definition) is 3. The molecule has 20 heavy (non-hydrogen) atoms. The van der Waals surface area contributed by atoms with E-state index in [4.69, 9.17) is 4.74 Å². The second-order valence-corrected chi connectivity index (χ2v) is 5.22. The first-order chi connectivity index (χ1) is 9.70. The van der Waals surface area contributed by atoms with Gasteiger partial charge in [0.05, 0.1) is 18.8 Å². The highest BCUT2D eigenvalue weighted by molar-refractivity contribution is 5.60. The number of aryl methyl sites for hydroxylation is 1. The molecule has 0 radical (unpaired) electrons. The van der Waals surface area contributed by atoms with Crippen LogP contribution in [0.2, 0.25) is 0 Å². The van der Waals surface area contributed by atoms with Crippen molar-refractivity contribution < 1.29 is 9.84 Å². The second-order valence-electron chi connectivity index (χ2n) is 5.22. The van der Waals surface area contributed by atoms with Gasteiger partial charge in [-0.15, -0.1) is 0 Å². The van der Waals surface area contributed by atoms with E-state index in [9.17, 15) is 5.11 Å². The van der Waals surface area contributed by atoms with E-state index < -0.39 is 0 Å². The summed E-state index contributed by atoms with van der Waals surface area (Å²) in [6, 6.07) is 14.1. The third-order valence-electron chi connectivity index (χ3n) is 4.11. The van der Waals surface area contributed by atoms with Gasteiger partial charge in [-0.1, -0.05) is 18.2 Å². The van der Waals surface area contributed by atoms with Crippen LogP contribution in [-0.2, 0) is 6.42 Å². The maximum absolute atomic E-state index is 9.59. The number of nitrogens with zero attached hydrogens (tertiary/aromatic N) is 1. The fourth-order valence-electron chi connectivity index (χ4n) is 3.07. The SMILES string of the molecule is COc1ccccc1N(C)C1CCc2cc(O)ccc21. The van der Waals surface area contributed by atoms with Gasteiger partial charge in [-0.25, -0.2) is 0 Å². The Morgan fingerprint density at radius 3 is 2.80 bits per heavy atom. The zero-order valence-corrected chi connectivity index (χ0v) is 11.8. The molecule has 3 nitrogen and oxygen atoms in total. The second kappa shape index (κ2) is 5.08. The van der Waals surface area contributed by atoms with Gasteiger partial charge >= 0.3 is 0 Å². The molecule has 0 saturated carbocycles. The number of ether oxygens (including phenoxy) is 1. The molecule has 0 amide bonds. The molecule has 1 aliphatic carbocycles. The summed E-state index contributed by atoms with van der Waals surface area (Å²) in [6.45, 7) is 0. The molecule has 1 unspecified atom stereocenters. The molecular formula is C17H19NO2. The molecule has 0 heterocycles. The number of methoxy groups -OCH3 is 1. The van der Waals surface area contributed by atoms with Crippen molar-refractivity contribution in [3.05, 3.63) is 53.6 Å². The van der Waals surface area contributed by atoms with Crippen molar-refractivity contribution in [3.63, 3.8) is 0 Å². The molecule has 0 aromatic heterocycles. The monoisotopic (exact) mass is 269 g/mol. The van der Waals surface area contributed by atoms with E-state index >= 15 is 0 Å². The van der Waals surface area contributed by atoms with Crippen molar-refractivity contribution >= 4 is 5.69 Å². The summed E-state index contributed by atoms with van der Waals surface area (Å²) >= 11 is 0. The summed E-state index contributed by atoms with van der Waals surface area (Å²) in [5, 5.41) is 9.59. The van der Waals surface area contributed by atoms with Gasteiger partial charge in [-0.2, -0.15) is 0 Å². The number of aromatic hydroxyl groups is 1. The van der Waals surface area contributed by atoms with Crippen LogP contribution < -0.4 is 9.64 Å². The Morgan fingerprint density at radius 2 is 2.00 bits per heavy atom. The van der Waals surface area contributed by atoms with Crippen LogP contribution in [0, 0.1) is 0 Å². The molecule has 1 aliphatic rings. The quantitative estimate of drug-likeness (QED) is 0.925. The molecule has 0 spiro atoms. The molecule has 2 aromatic rings. The molecule has 3 heteroatoms. The van der Waals surface area contributed by atoms with Crippen molar-refractivity contribution in [3.8, 4) is 11.5 Å². The average Bonchev–Trinajstić information content (AvgIpc) is 2.89. The summed E-state index contributed by atoms with van der Waals surface area (Å²) in [5.41, 5.74) is 3.65. The van der Waals surface area contributed by atoms with Crippen molar-refractivity contribution in [1.82, 2.24) is 0 Å². The fourth-order valence-corrected chi connectivity index (χ4v) is 3.07. The normalized spacial score (nSPS) is 16.8. The summed E-state index contributed by atoms with van der Waals surface area (Å²) < 4.78 is 5.45. The van der Waals surface area contributed by atoms with Crippen LogP contribution in [0.15, 0.2) is 42.5 Å². The van der Waals surface area contributed by atoms with Crippen molar-refractivity contribution in [2.75, 3.05) is 19.1 Å². The third kappa shape index (κ3) is 2.09. The molecule has 0 bridgehead atoms. The standard InChI is InChI=1S/C17H19NO2/c1-18(16-5-3-4-6-17(16)20-2)15-10-7-12-11-13(19)8-9-14(12)15/h3-6,8-9,11,15,19H,7,10H2,1-2H3. The van der Waals surface area contributed by atoms with E-state index in [0.717, 1.165) is 24.3 Å². The van der Waals surface area contributed by atoms with E-state index in [1.165, 1.54) is 11.1 Å². The van der Waals surface area contributed by atoms with Gasteiger partial charge in [0.1, 0.15) is 11.5 Å². The summed E-state index contributed by atoms with van der Waals surface area (Å²) in [6.07, 6.45) is 2.07. The smallest absolute Gasteiger partial charge is 0.142 e. The Balaban J connectivity index is 1.95. The fraction of sp³-hybridized carbons (Fsp3) is 0.294. The molecule has 0 aliphatic heterocycles. The van der Waals surface area contributed by atoms with Crippen molar-refractivity contribution in [1.29, 1.82) is 0 Å². The molecule has 2 aromatic carbocycles. The molecule has 0 saturated heterocycles. The van der Waals surface area contributed by atoms with Gasteiger partial charge < -0.3 is 14.7 Å². The Kier molecular flexibility index (Phi) is 3.26. The van der Waals surface area contributed by atoms with Crippen LogP contribution >= 0.6 is 0 Å². The van der Waals surface area contributed by atoms with Gasteiger partial charge in [-0.05, 0) is 48.2 Å². The average molecular weight is 269 g/mol. The van der Waals surface area contributed by atoms with Crippen LogP contribution in [-0.4, -0.2) is 19.3 Å². The Labute approximate surface area is 119 Å². The largest absolute Gasteiger partial charge is 0.508 e. The highest BCUT2D eigenvalue weighted by Crippen LogP contribution is 2.41. The molecule has 0 fully saturated rings. The number of rotatable bonds is 3. The van der Waals surface area contributed by atoms with Crippen molar-refractivity contribution in [2.24, 2.45) is 0 Å². The predicted molar refractivity (Wildman–Crippen MR) is 80.6 cm³/mol. The van der Waals surface area contributed by atoms with E-state index in [0.29, 0.717) is 11.8 Å². The number of phenolic OH excluding ortho intramolecular Hbond substituents is 1. The minimum absolute atomic E-state index is 0.335. The minimum Gasteiger partial charge on any atom is -0.508 e. The summed E-state index contributed by atoms with van der Waals surface area (Å²) in [5.74, 6) is 1.24.